The molecule has 0 spiro atoms. The van der Waals surface area contributed by atoms with Gasteiger partial charge in [-0.1, -0.05) is 6.07 Å². The Bertz CT molecular complexity index is 488. The third-order valence-electron chi connectivity index (χ3n) is 4.93. The van der Waals surface area contributed by atoms with Gasteiger partial charge in [0.15, 0.2) is 0 Å². The topological polar surface area (TPSA) is 53.0 Å². The van der Waals surface area contributed by atoms with Crippen molar-refractivity contribution in [2.45, 2.75) is 12.8 Å². The number of likely N-dealkylation sites (tertiary alicyclic amines) is 1. The number of aliphatic hydroxyl groups excluding tert-OH is 1. The number of hydrogen-bond donors (Lipinski definition) is 1. The van der Waals surface area contributed by atoms with Gasteiger partial charge >= 0.3 is 0 Å². The van der Waals surface area contributed by atoms with Gasteiger partial charge in [-0.05, 0) is 23.8 Å². The zero-order chi connectivity index (χ0) is 16.1. The Morgan fingerprint density at radius 1 is 1.30 bits per heavy atom. The Labute approximate surface area is 141 Å². The average molecular weight is 338 g/mol. The summed E-state index contributed by atoms with van der Waals surface area (Å²) in [5.41, 5.74) is 0. The molecule has 0 bridgehead atoms. The Kier molecular flexibility index (Phi) is 6.05. The lowest BCUT2D eigenvalue weighted by molar-refractivity contribution is -0.130. The third kappa shape index (κ3) is 4.53. The molecule has 0 unspecified atom stereocenters. The van der Waals surface area contributed by atoms with Crippen molar-refractivity contribution >= 4 is 17.2 Å². The molecule has 1 amide bonds. The minimum absolute atomic E-state index is 0.170. The van der Waals surface area contributed by atoms with Crippen molar-refractivity contribution in [3.05, 3.63) is 22.4 Å². The second-order valence-electron chi connectivity index (χ2n) is 6.49. The number of rotatable bonds is 6. The molecular formula is C17H26N2O3S. The highest BCUT2D eigenvalue weighted by atomic mass is 32.1. The van der Waals surface area contributed by atoms with Crippen LogP contribution in [-0.4, -0.2) is 73.4 Å². The van der Waals surface area contributed by atoms with Gasteiger partial charge in [0.1, 0.15) is 0 Å². The van der Waals surface area contributed by atoms with E-state index in [9.17, 15) is 9.90 Å². The van der Waals surface area contributed by atoms with Gasteiger partial charge in [-0.25, -0.2) is 0 Å². The van der Waals surface area contributed by atoms with E-state index in [4.69, 9.17) is 4.74 Å². The normalized spacial score (nSPS) is 25.9. The molecule has 2 atom stereocenters. The molecule has 1 aromatic heterocycles. The van der Waals surface area contributed by atoms with E-state index in [0.29, 0.717) is 18.9 Å². The molecule has 6 heteroatoms. The predicted molar refractivity (Wildman–Crippen MR) is 90.5 cm³/mol. The summed E-state index contributed by atoms with van der Waals surface area (Å²) in [5.74, 6) is 0.814. The fraction of sp³-hybridized carbons (Fsp3) is 0.706. The molecule has 23 heavy (non-hydrogen) atoms. The van der Waals surface area contributed by atoms with E-state index in [0.717, 1.165) is 45.8 Å². The van der Waals surface area contributed by atoms with Crippen molar-refractivity contribution in [3.8, 4) is 0 Å². The first-order valence-electron chi connectivity index (χ1n) is 8.47. The third-order valence-corrected chi connectivity index (χ3v) is 5.86. The van der Waals surface area contributed by atoms with Crippen LogP contribution in [0.25, 0.3) is 0 Å². The lowest BCUT2D eigenvalue weighted by Gasteiger charge is -2.30. The minimum atomic E-state index is 0.170. The van der Waals surface area contributed by atoms with Crippen molar-refractivity contribution in [3.63, 3.8) is 0 Å². The molecular weight excluding hydrogens is 312 g/mol. The van der Waals surface area contributed by atoms with Crippen LogP contribution < -0.4 is 0 Å². The first-order chi connectivity index (χ1) is 11.3. The second-order valence-corrected chi connectivity index (χ2v) is 7.53. The van der Waals surface area contributed by atoms with Crippen LogP contribution in [-0.2, 0) is 16.0 Å². The summed E-state index contributed by atoms with van der Waals surface area (Å²) in [6.07, 6.45) is 1.40. The van der Waals surface area contributed by atoms with Crippen LogP contribution in [0, 0.1) is 11.8 Å². The van der Waals surface area contributed by atoms with Crippen LogP contribution in [0.3, 0.4) is 0 Å². The standard InChI is InChI=1S/C17H26N2O3S/c20-13-15-12-19(17(21)4-3-16-2-1-9-23-16)11-14(15)10-18-5-7-22-8-6-18/h1-2,9,14-15,20H,3-8,10-13H2/t14-,15-/m1/s1. The van der Waals surface area contributed by atoms with Gasteiger partial charge in [-0.2, -0.15) is 0 Å². The van der Waals surface area contributed by atoms with E-state index in [-0.39, 0.29) is 18.4 Å². The first kappa shape index (κ1) is 16.9. The van der Waals surface area contributed by atoms with E-state index in [2.05, 4.69) is 16.3 Å². The molecule has 2 aliphatic rings. The number of hydrogen-bond acceptors (Lipinski definition) is 5. The van der Waals surface area contributed by atoms with Crippen LogP contribution in [0.1, 0.15) is 11.3 Å². The number of carbonyl (C=O) groups is 1. The Morgan fingerprint density at radius 3 is 2.78 bits per heavy atom. The molecule has 5 nitrogen and oxygen atoms in total. The molecule has 2 fully saturated rings. The van der Waals surface area contributed by atoms with E-state index < -0.39 is 0 Å². The molecule has 3 heterocycles. The first-order valence-corrected chi connectivity index (χ1v) is 9.35. The number of amides is 1. The lowest BCUT2D eigenvalue weighted by atomic mass is 9.96. The van der Waals surface area contributed by atoms with Crippen LogP contribution in [0.2, 0.25) is 0 Å². The summed E-state index contributed by atoms with van der Waals surface area (Å²) < 4.78 is 5.39. The molecule has 0 radical (unpaired) electrons. The fourth-order valence-electron chi connectivity index (χ4n) is 3.51. The van der Waals surface area contributed by atoms with Crippen LogP contribution >= 0.6 is 11.3 Å². The summed E-state index contributed by atoms with van der Waals surface area (Å²) in [6, 6.07) is 4.11. The van der Waals surface area contributed by atoms with Gasteiger partial charge in [0.25, 0.3) is 0 Å². The van der Waals surface area contributed by atoms with Crippen molar-refractivity contribution in [2.75, 3.05) is 52.5 Å². The quantitative estimate of drug-likeness (QED) is 0.843. The summed E-state index contributed by atoms with van der Waals surface area (Å²) in [6.45, 7) is 6.12. The molecule has 0 saturated carbocycles. The number of nitrogens with zero attached hydrogens (tertiary/aromatic N) is 2. The van der Waals surface area contributed by atoms with Crippen LogP contribution in [0.15, 0.2) is 17.5 Å². The highest BCUT2D eigenvalue weighted by Crippen LogP contribution is 2.25. The summed E-state index contributed by atoms with van der Waals surface area (Å²) in [4.78, 5) is 18.1. The predicted octanol–water partition coefficient (Wildman–Crippen LogP) is 1.08. The summed E-state index contributed by atoms with van der Waals surface area (Å²) in [5, 5.41) is 11.7. The summed E-state index contributed by atoms with van der Waals surface area (Å²) in [7, 11) is 0. The Hall–Kier alpha value is -0.950. The average Bonchev–Trinajstić information content (AvgIpc) is 3.23. The largest absolute Gasteiger partial charge is 0.396 e. The molecule has 1 aromatic rings. The second kappa shape index (κ2) is 8.24. The zero-order valence-corrected chi connectivity index (χ0v) is 14.3. The molecule has 0 aromatic carbocycles. The number of aliphatic hydroxyl groups is 1. The van der Waals surface area contributed by atoms with E-state index in [1.807, 2.05) is 11.0 Å². The van der Waals surface area contributed by atoms with Gasteiger partial charge in [0.05, 0.1) is 13.2 Å². The van der Waals surface area contributed by atoms with Crippen molar-refractivity contribution in [1.82, 2.24) is 9.80 Å². The monoisotopic (exact) mass is 338 g/mol. The Morgan fingerprint density at radius 2 is 2.09 bits per heavy atom. The van der Waals surface area contributed by atoms with E-state index in [1.165, 1.54) is 4.88 Å². The molecule has 2 aliphatic heterocycles. The van der Waals surface area contributed by atoms with Gasteiger partial charge in [0.2, 0.25) is 5.91 Å². The van der Waals surface area contributed by atoms with Crippen LogP contribution in [0.4, 0.5) is 0 Å². The highest BCUT2D eigenvalue weighted by Gasteiger charge is 2.35. The summed E-state index contributed by atoms with van der Waals surface area (Å²) >= 11 is 1.71. The van der Waals surface area contributed by atoms with Gasteiger partial charge < -0.3 is 14.7 Å². The van der Waals surface area contributed by atoms with E-state index in [1.54, 1.807) is 11.3 Å². The van der Waals surface area contributed by atoms with Gasteiger partial charge in [-0.3, -0.25) is 9.69 Å². The molecule has 0 aliphatic carbocycles. The van der Waals surface area contributed by atoms with Gasteiger partial charge in [0, 0.05) is 56.5 Å². The number of thiophene rings is 1. The zero-order valence-electron chi connectivity index (χ0n) is 13.5. The van der Waals surface area contributed by atoms with Crippen molar-refractivity contribution in [1.29, 1.82) is 0 Å². The fourth-order valence-corrected chi connectivity index (χ4v) is 4.22. The molecule has 3 rings (SSSR count). The molecule has 128 valence electrons. The number of carbonyl (C=O) groups excluding carboxylic acids is 1. The van der Waals surface area contributed by atoms with Gasteiger partial charge in [-0.15, -0.1) is 11.3 Å². The maximum atomic E-state index is 12.5. The highest BCUT2D eigenvalue weighted by molar-refractivity contribution is 7.09. The minimum Gasteiger partial charge on any atom is -0.396 e. The van der Waals surface area contributed by atoms with Crippen molar-refractivity contribution < 1.29 is 14.6 Å². The number of morpholine rings is 1. The Balaban J connectivity index is 1.49. The van der Waals surface area contributed by atoms with Crippen molar-refractivity contribution in [2.24, 2.45) is 11.8 Å². The maximum absolute atomic E-state index is 12.5. The molecule has 2 saturated heterocycles. The molecule has 1 N–H and O–H groups in total. The van der Waals surface area contributed by atoms with Crippen LogP contribution in [0.5, 0.6) is 0 Å². The van der Waals surface area contributed by atoms with E-state index >= 15 is 0 Å². The smallest absolute Gasteiger partial charge is 0.222 e. The number of ether oxygens (including phenoxy) is 1. The lowest BCUT2D eigenvalue weighted by Crippen LogP contribution is -2.41. The maximum Gasteiger partial charge on any atom is 0.222 e. The number of aryl methyl sites for hydroxylation is 1. The SMILES string of the molecule is O=C(CCc1cccs1)N1C[C@@H](CN2CCOCC2)[C@@H](CO)C1.